The van der Waals surface area contributed by atoms with Gasteiger partial charge in [0, 0.05) is 37.6 Å². The molecule has 0 radical (unpaired) electrons. The van der Waals surface area contributed by atoms with Crippen molar-refractivity contribution in [2.24, 2.45) is 0 Å². The fourth-order valence-corrected chi connectivity index (χ4v) is 3.21. The number of rotatable bonds is 3. The number of hydrogen-bond donors (Lipinski definition) is 0. The molecule has 0 aliphatic carbocycles. The van der Waals surface area contributed by atoms with Crippen LogP contribution >= 0.6 is 0 Å². The third kappa shape index (κ3) is 4.77. The minimum atomic E-state index is -4.90. The Morgan fingerprint density at radius 1 is 1.00 bits per heavy atom. The average Bonchev–Trinajstić information content (AvgIpc) is 2.46. The van der Waals surface area contributed by atoms with Gasteiger partial charge in [-0.15, -0.1) is 0 Å². The number of anilines is 1. The number of amides is 2. The van der Waals surface area contributed by atoms with E-state index < -0.39 is 32.8 Å². The Morgan fingerprint density at radius 2 is 1.50 bits per heavy atom. The fraction of sp³-hybridized carbons (Fsp3) is 0.188. The number of hydrogen-bond acceptors (Lipinski definition) is 7. The summed E-state index contributed by atoms with van der Waals surface area (Å²) < 4.78 is 39.8. The molecule has 132 valence electrons. The van der Waals surface area contributed by atoms with Crippen LogP contribution in [0.4, 0.5) is 5.69 Å². The number of fused-ring (bicyclic) bond motifs is 1. The summed E-state index contributed by atoms with van der Waals surface area (Å²) in [5.41, 5.74) is -0.0989. The Hall–Kier alpha value is -1.14. The van der Waals surface area contributed by atoms with Gasteiger partial charge in [0.15, 0.2) is 5.75 Å². The first-order chi connectivity index (χ1) is 11.5. The van der Waals surface area contributed by atoms with Crippen LogP contribution in [0.5, 0.6) is 5.75 Å². The zero-order valence-electron chi connectivity index (χ0n) is 14.6. The van der Waals surface area contributed by atoms with Crippen molar-refractivity contribution in [3.8, 4) is 5.75 Å². The summed E-state index contributed by atoms with van der Waals surface area (Å²) in [5.74, 6) is -2.50. The van der Waals surface area contributed by atoms with Crippen LogP contribution in [0.3, 0.4) is 0 Å². The van der Waals surface area contributed by atoms with Gasteiger partial charge in [-0.05, 0) is 0 Å². The van der Waals surface area contributed by atoms with Gasteiger partial charge in [-0.1, -0.05) is 24.3 Å². The summed E-state index contributed by atoms with van der Waals surface area (Å²) in [4.78, 5) is 35.4. The quantitative estimate of drug-likeness (QED) is 0.267. The van der Waals surface area contributed by atoms with Crippen LogP contribution in [0.15, 0.2) is 35.2 Å². The number of carbonyl (C=O) groups excluding carboxylic acids is 3. The summed E-state index contributed by atoms with van der Waals surface area (Å²) in [7, 11) is -4.90. The molecule has 0 unspecified atom stereocenters. The van der Waals surface area contributed by atoms with Gasteiger partial charge in [-0.2, -0.15) is 0 Å². The predicted octanol–water partition coefficient (Wildman–Crippen LogP) is -1.43. The van der Waals surface area contributed by atoms with Crippen LogP contribution in [0.25, 0.3) is 10.8 Å². The SMILES string of the molecule is CC(=O)Oc1cc(S(=O)(=O)[O-])c2ccccc2c1N(C(C)=O)C(C)=O.[K+]. The first-order valence-electron chi connectivity index (χ1n) is 7.05. The van der Waals surface area contributed by atoms with E-state index in [1.54, 1.807) is 0 Å². The maximum Gasteiger partial charge on any atom is 1.00 e. The Labute approximate surface area is 192 Å². The molecule has 0 aliphatic rings. The topological polar surface area (TPSA) is 121 Å². The zero-order chi connectivity index (χ0) is 18.9. The molecule has 0 saturated heterocycles. The molecule has 0 atom stereocenters. The second-order valence-corrected chi connectivity index (χ2v) is 6.54. The van der Waals surface area contributed by atoms with Crippen LogP contribution < -0.4 is 61.0 Å². The predicted molar refractivity (Wildman–Crippen MR) is 87.1 cm³/mol. The smallest absolute Gasteiger partial charge is 0.744 e. The van der Waals surface area contributed by atoms with E-state index in [-0.39, 0.29) is 73.6 Å². The Bertz CT molecular complexity index is 987. The van der Waals surface area contributed by atoms with E-state index in [1.807, 2.05) is 0 Å². The van der Waals surface area contributed by atoms with Crippen LogP contribution in [-0.4, -0.2) is 30.8 Å². The van der Waals surface area contributed by atoms with Gasteiger partial charge in [0.2, 0.25) is 11.8 Å². The average molecular weight is 403 g/mol. The van der Waals surface area contributed by atoms with Crippen molar-refractivity contribution >= 4 is 44.4 Å². The molecule has 0 spiro atoms. The zero-order valence-corrected chi connectivity index (χ0v) is 18.5. The number of carbonyl (C=O) groups is 3. The largest absolute Gasteiger partial charge is 1.00 e. The number of imide groups is 1. The molecule has 0 fully saturated rings. The van der Waals surface area contributed by atoms with Crippen molar-refractivity contribution in [2.75, 3.05) is 4.90 Å². The van der Waals surface area contributed by atoms with Crippen LogP contribution in [0, 0.1) is 0 Å². The molecule has 8 nitrogen and oxygen atoms in total. The molecular weight excluding hydrogens is 389 g/mol. The van der Waals surface area contributed by atoms with E-state index in [2.05, 4.69) is 0 Å². The Kier molecular flexibility index (Phi) is 7.66. The normalized spacial score (nSPS) is 10.8. The van der Waals surface area contributed by atoms with Crippen molar-refractivity contribution in [3.63, 3.8) is 0 Å². The molecule has 2 aromatic rings. The van der Waals surface area contributed by atoms with Crippen LogP contribution in [-0.2, 0) is 24.5 Å². The number of esters is 1. The van der Waals surface area contributed by atoms with Gasteiger partial charge in [0.25, 0.3) is 0 Å². The second kappa shape index (κ2) is 8.70. The minimum absolute atomic E-state index is 0. The number of benzene rings is 2. The van der Waals surface area contributed by atoms with E-state index >= 15 is 0 Å². The Morgan fingerprint density at radius 3 is 1.92 bits per heavy atom. The molecule has 0 N–H and O–H groups in total. The van der Waals surface area contributed by atoms with E-state index in [1.165, 1.54) is 24.3 Å². The first-order valence-corrected chi connectivity index (χ1v) is 8.46. The molecule has 10 heteroatoms. The summed E-state index contributed by atoms with van der Waals surface area (Å²) in [6.45, 7) is 3.33. The Balaban J connectivity index is 0.00000338. The standard InChI is InChI=1S/C16H15NO7S.K/c1-9(18)17(10(2)19)16-13-7-5-4-6-12(13)15(25(21,22)23)8-14(16)24-11(3)20;/h4-8H,1-3H3,(H,21,22,23);/q;+1/p-1. The van der Waals surface area contributed by atoms with Crippen molar-refractivity contribution in [3.05, 3.63) is 30.3 Å². The van der Waals surface area contributed by atoms with Crippen molar-refractivity contribution < 1.29 is 83.5 Å². The van der Waals surface area contributed by atoms with Crippen molar-refractivity contribution in [1.29, 1.82) is 0 Å². The molecule has 0 bridgehead atoms. The van der Waals surface area contributed by atoms with Crippen LogP contribution in [0.1, 0.15) is 20.8 Å². The van der Waals surface area contributed by atoms with Gasteiger partial charge in [0.05, 0.1) is 4.90 Å². The van der Waals surface area contributed by atoms with E-state index in [0.29, 0.717) is 0 Å². The summed E-state index contributed by atoms with van der Waals surface area (Å²) in [6.07, 6.45) is 0. The molecule has 2 amide bonds. The molecular formula is C16H14KNO7S. The minimum Gasteiger partial charge on any atom is -0.744 e. The van der Waals surface area contributed by atoms with Gasteiger partial charge in [-0.3, -0.25) is 14.4 Å². The van der Waals surface area contributed by atoms with Crippen molar-refractivity contribution in [1.82, 2.24) is 0 Å². The van der Waals surface area contributed by atoms with Gasteiger partial charge in [-0.25, -0.2) is 13.3 Å². The third-order valence-electron chi connectivity index (χ3n) is 3.32. The van der Waals surface area contributed by atoms with E-state index in [4.69, 9.17) is 4.74 Å². The molecule has 0 heterocycles. The summed E-state index contributed by atoms with van der Waals surface area (Å²) in [5, 5.41) is 0.122. The molecule has 26 heavy (non-hydrogen) atoms. The molecule has 0 aromatic heterocycles. The number of nitrogens with zero attached hydrogens (tertiary/aromatic N) is 1. The van der Waals surface area contributed by atoms with Gasteiger partial charge in [0.1, 0.15) is 15.8 Å². The monoisotopic (exact) mass is 403 g/mol. The number of ether oxygens (including phenoxy) is 1. The maximum atomic E-state index is 11.9. The van der Waals surface area contributed by atoms with Crippen molar-refractivity contribution in [2.45, 2.75) is 25.7 Å². The third-order valence-corrected chi connectivity index (χ3v) is 4.20. The van der Waals surface area contributed by atoms with E-state index in [9.17, 15) is 27.4 Å². The van der Waals surface area contributed by atoms with Gasteiger partial charge >= 0.3 is 57.4 Å². The van der Waals surface area contributed by atoms with Crippen LogP contribution in [0.2, 0.25) is 0 Å². The molecule has 0 saturated carbocycles. The van der Waals surface area contributed by atoms with Gasteiger partial charge < -0.3 is 9.29 Å². The first kappa shape index (κ1) is 22.9. The molecule has 2 rings (SSSR count). The summed E-state index contributed by atoms with van der Waals surface area (Å²) in [6, 6.07) is 6.66. The second-order valence-electron chi connectivity index (χ2n) is 5.19. The maximum absolute atomic E-state index is 11.9. The summed E-state index contributed by atoms with van der Waals surface area (Å²) >= 11 is 0. The molecule has 2 aromatic carbocycles. The van der Waals surface area contributed by atoms with E-state index in [0.717, 1.165) is 31.7 Å². The fourth-order valence-electron chi connectivity index (χ4n) is 2.51. The molecule has 0 aliphatic heterocycles.